The molecule has 3 nitrogen and oxygen atoms in total. The summed E-state index contributed by atoms with van der Waals surface area (Å²) in [5.41, 5.74) is 4.00. The van der Waals surface area contributed by atoms with E-state index in [0.717, 1.165) is 17.9 Å². The summed E-state index contributed by atoms with van der Waals surface area (Å²) in [4.78, 5) is 1.26. The molecule has 0 bridgehead atoms. The second-order valence-corrected chi connectivity index (χ2v) is 4.81. The van der Waals surface area contributed by atoms with Crippen molar-refractivity contribution in [1.82, 2.24) is 5.43 Å². The van der Waals surface area contributed by atoms with Gasteiger partial charge in [-0.05, 0) is 36.1 Å². The zero-order valence-corrected chi connectivity index (χ0v) is 10.3. The molecule has 86 valence electrons. The molecule has 1 atom stereocenters. The van der Waals surface area contributed by atoms with Gasteiger partial charge in [-0.25, -0.2) is 5.43 Å². The first-order valence-electron chi connectivity index (χ1n) is 5.35. The van der Waals surface area contributed by atoms with Crippen molar-refractivity contribution in [3.63, 3.8) is 0 Å². The van der Waals surface area contributed by atoms with Crippen molar-refractivity contribution in [3.8, 4) is 0 Å². The van der Waals surface area contributed by atoms with Gasteiger partial charge in [-0.3, -0.25) is 5.84 Å². The van der Waals surface area contributed by atoms with Crippen LogP contribution in [-0.2, 0) is 6.42 Å². The van der Waals surface area contributed by atoms with Gasteiger partial charge in [0, 0.05) is 11.3 Å². The maximum absolute atomic E-state index is 5.73. The Balaban J connectivity index is 2.32. The summed E-state index contributed by atoms with van der Waals surface area (Å²) in [6.45, 7) is 4.16. The molecule has 2 heterocycles. The molecule has 0 aromatic carbocycles. The van der Waals surface area contributed by atoms with Crippen molar-refractivity contribution in [2.24, 2.45) is 5.84 Å². The molecule has 2 aromatic heterocycles. The fourth-order valence-electron chi connectivity index (χ4n) is 1.76. The highest BCUT2D eigenvalue weighted by molar-refractivity contribution is 7.10. The summed E-state index contributed by atoms with van der Waals surface area (Å²) in [5.74, 6) is 7.48. The summed E-state index contributed by atoms with van der Waals surface area (Å²) >= 11 is 1.72. The van der Waals surface area contributed by atoms with E-state index < -0.39 is 0 Å². The van der Waals surface area contributed by atoms with Crippen LogP contribution in [0.1, 0.15) is 34.9 Å². The summed E-state index contributed by atoms with van der Waals surface area (Å²) in [6.07, 6.45) is 0.903. The minimum Gasteiger partial charge on any atom is -0.464 e. The first kappa shape index (κ1) is 11.4. The fraction of sp³-hybridized carbons (Fsp3) is 0.333. The maximum atomic E-state index is 5.73. The SMILES string of the molecule is CCc1ccc(C(NN)c2ccsc2C)o1. The Morgan fingerprint density at radius 3 is 2.75 bits per heavy atom. The van der Waals surface area contributed by atoms with Crippen molar-refractivity contribution in [2.45, 2.75) is 26.3 Å². The van der Waals surface area contributed by atoms with E-state index in [4.69, 9.17) is 10.3 Å². The highest BCUT2D eigenvalue weighted by Crippen LogP contribution is 2.28. The number of hydrogen-bond acceptors (Lipinski definition) is 4. The number of nitrogens with one attached hydrogen (secondary N) is 1. The van der Waals surface area contributed by atoms with Crippen LogP contribution in [0.2, 0.25) is 0 Å². The molecule has 0 radical (unpaired) electrons. The van der Waals surface area contributed by atoms with E-state index >= 15 is 0 Å². The van der Waals surface area contributed by atoms with E-state index in [9.17, 15) is 0 Å². The lowest BCUT2D eigenvalue weighted by Gasteiger charge is -2.13. The number of rotatable bonds is 4. The molecule has 0 spiro atoms. The molecule has 2 rings (SSSR count). The minimum atomic E-state index is -0.0495. The van der Waals surface area contributed by atoms with Gasteiger partial charge in [0.2, 0.25) is 0 Å². The van der Waals surface area contributed by atoms with E-state index in [1.807, 2.05) is 12.1 Å². The maximum Gasteiger partial charge on any atom is 0.126 e. The lowest BCUT2D eigenvalue weighted by molar-refractivity contribution is 0.425. The van der Waals surface area contributed by atoms with Crippen LogP contribution in [0.15, 0.2) is 28.0 Å². The van der Waals surface area contributed by atoms with Crippen LogP contribution in [-0.4, -0.2) is 0 Å². The van der Waals surface area contributed by atoms with Gasteiger partial charge < -0.3 is 4.42 Å². The molecule has 4 heteroatoms. The molecule has 0 saturated heterocycles. The highest BCUT2D eigenvalue weighted by Gasteiger charge is 2.18. The molecule has 3 N–H and O–H groups in total. The summed E-state index contributed by atoms with van der Waals surface area (Å²) < 4.78 is 5.73. The van der Waals surface area contributed by atoms with Crippen molar-refractivity contribution >= 4 is 11.3 Å². The van der Waals surface area contributed by atoms with Crippen LogP contribution in [0.25, 0.3) is 0 Å². The van der Waals surface area contributed by atoms with Crippen LogP contribution in [0.5, 0.6) is 0 Å². The Hall–Kier alpha value is -1.10. The summed E-state index contributed by atoms with van der Waals surface area (Å²) in [6, 6.07) is 6.02. The molecule has 0 saturated carbocycles. The standard InChI is InChI=1S/C12H16N2OS/c1-3-9-4-5-11(15-9)12(14-13)10-6-7-16-8(10)2/h4-7,12,14H,3,13H2,1-2H3. The number of hydrogen-bond donors (Lipinski definition) is 2. The van der Waals surface area contributed by atoms with Crippen LogP contribution in [0.3, 0.4) is 0 Å². The first-order chi connectivity index (χ1) is 7.76. The van der Waals surface area contributed by atoms with E-state index in [1.165, 1.54) is 10.4 Å². The molecular weight excluding hydrogens is 220 g/mol. The average Bonchev–Trinajstić information content (AvgIpc) is 2.90. The monoisotopic (exact) mass is 236 g/mol. The third-order valence-corrected chi connectivity index (χ3v) is 3.55. The topological polar surface area (TPSA) is 51.2 Å². The van der Waals surface area contributed by atoms with Crippen molar-refractivity contribution < 1.29 is 4.42 Å². The molecule has 0 aliphatic carbocycles. The van der Waals surface area contributed by atoms with Crippen LogP contribution in [0.4, 0.5) is 0 Å². The quantitative estimate of drug-likeness (QED) is 0.634. The van der Waals surface area contributed by atoms with Gasteiger partial charge in [0.1, 0.15) is 17.6 Å². The summed E-state index contributed by atoms with van der Waals surface area (Å²) in [7, 11) is 0. The lowest BCUT2D eigenvalue weighted by Crippen LogP contribution is -2.28. The largest absolute Gasteiger partial charge is 0.464 e. The Morgan fingerprint density at radius 2 is 2.25 bits per heavy atom. The minimum absolute atomic E-state index is 0.0495. The van der Waals surface area contributed by atoms with Crippen LogP contribution in [0, 0.1) is 6.92 Å². The Kier molecular flexibility index (Phi) is 3.43. The molecule has 0 aliphatic heterocycles. The number of furan rings is 1. The number of nitrogens with two attached hydrogens (primary N) is 1. The molecule has 16 heavy (non-hydrogen) atoms. The number of aryl methyl sites for hydroxylation is 2. The predicted octanol–water partition coefficient (Wildman–Crippen LogP) is 2.76. The molecule has 2 aromatic rings. The van der Waals surface area contributed by atoms with Crippen molar-refractivity contribution in [3.05, 3.63) is 45.5 Å². The van der Waals surface area contributed by atoms with Crippen LogP contribution < -0.4 is 11.3 Å². The zero-order chi connectivity index (χ0) is 11.5. The molecule has 0 amide bonds. The van der Waals surface area contributed by atoms with E-state index in [1.54, 1.807) is 11.3 Å². The van der Waals surface area contributed by atoms with Gasteiger partial charge in [0.05, 0.1) is 0 Å². The van der Waals surface area contributed by atoms with Crippen LogP contribution >= 0.6 is 11.3 Å². The van der Waals surface area contributed by atoms with Gasteiger partial charge in [0.25, 0.3) is 0 Å². The smallest absolute Gasteiger partial charge is 0.126 e. The Bertz CT molecular complexity index is 461. The Labute approximate surface area is 99.2 Å². The van der Waals surface area contributed by atoms with Gasteiger partial charge in [-0.1, -0.05) is 6.92 Å². The van der Waals surface area contributed by atoms with Gasteiger partial charge in [0.15, 0.2) is 0 Å². The normalized spacial score (nSPS) is 12.9. The second-order valence-electron chi connectivity index (χ2n) is 3.69. The van der Waals surface area contributed by atoms with Gasteiger partial charge in [-0.2, -0.15) is 0 Å². The molecular formula is C12H16N2OS. The fourth-order valence-corrected chi connectivity index (χ4v) is 2.50. The predicted molar refractivity (Wildman–Crippen MR) is 66.3 cm³/mol. The van der Waals surface area contributed by atoms with E-state index in [2.05, 4.69) is 30.7 Å². The number of thiophene rings is 1. The average molecular weight is 236 g/mol. The molecule has 0 aliphatic rings. The Morgan fingerprint density at radius 1 is 1.44 bits per heavy atom. The third kappa shape index (κ3) is 2.04. The second kappa shape index (κ2) is 4.82. The van der Waals surface area contributed by atoms with Crippen molar-refractivity contribution in [1.29, 1.82) is 0 Å². The first-order valence-corrected chi connectivity index (χ1v) is 6.23. The summed E-state index contributed by atoms with van der Waals surface area (Å²) in [5, 5.41) is 2.07. The van der Waals surface area contributed by atoms with E-state index in [0.29, 0.717) is 0 Å². The lowest BCUT2D eigenvalue weighted by atomic mass is 10.1. The highest BCUT2D eigenvalue weighted by atomic mass is 32.1. The molecule has 1 unspecified atom stereocenters. The van der Waals surface area contributed by atoms with Gasteiger partial charge in [-0.15, -0.1) is 11.3 Å². The van der Waals surface area contributed by atoms with Gasteiger partial charge >= 0.3 is 0 Å². The molecule has 0 fully saturated rings. The number of hydrazine groups is 1. The zero-order valence-electron chi connectivity index (χ0n) is 9.49. The third-order valence-electron chi connectivity index (χ3n) is 2.69. The van der Waals surface area contributed by atoms with E-state index in [-0.39, 0.29) is 6.04 Å². The van der Waals surface area contributed by atoms with Crippen molar-refractivity contribution in [2.75, 3.05) is 0 Å².